The zero-order valence-corrected chi connectivity index (χ0v) is 13.8. The number of H-pyrrole nitrogens is 1. The van der Waals surface area contributed by atoms with Gasteiger partial charge in [0.05, 0.1) is 36.4 Å². The van der Waals surface area contributed by atoms with Gasteiger partial charge in [0.1, 0.15) is 5.75 Å². The Kier molecular flexibility index (Phi) is 4.18. The maximum absolute atomic E-state index is 12.9. The Labute approximate surface area is 142 Å². The number of hydrogen-bond acceptors (Lipinski definition) is 5. The summed E-state index contributed by atoms with van der Waals surface area (Å²) in [5.41, 5.74) is 0.867. The maximum Gasteiger partial charge on any atom is 0.339 e. The summed E-state index contributed by atoms with van der Waals surface area (Å²) in [5, 5.41) is 0.434. The van der Waals surface area contributed by atoms with Crippen LogP contribution in [0.5, 0.6) is 5.75 Å². The van der Waals surface area contributed by atoms with Gasteiger partial charge in [0, 0.05) is 6.07 Å². The average Bonchev–Trinajstić information content (AvgIpc) is 2.61. The van der Waals surface area contributed by atoms with Gasteiger partial charge < -0.3 is 14.5 Å². The van der Waals surface area contributed by atoms with Gasteiger partial charge in [0.15, 0.2) is 4.77 Å². The molecule has 0 bridgehead atoms. The van der Waals surface area contributed by atoms with E-state index in [1.165, 1.54) is 11.7 Å². The van der Waals surface area contributed by atoms with Gasteiger partial charge in [-0.2, -0.15) is 0 Å². The standard InChI is InChI=1S/C17H14N2O4S/c1-22-10-7-8-11-13(9-10)18-17(24)19(15(11)20)14-6-4-3-5-12(14)16(21)23-2/h3-9H,1-2H3,(H,18,24). The monoisotopic (exact) mass is 342 g/mol. The summed E-state index contributed by atoms with van der Waals surface area (Å²) in [6.07, 6.45) is 0. The number of benzene rings is 2. The van der Waals surface area contributed by atoms with E-state index in [4.69, 9.17) is 21.7 Å². The number of esters is 1. The summed E-state index contributed by atoms with van der Waals surface area (Å²) in [6, 6.07) is 11.7. The van der Waals surface area contributed by atoms with Crippen LogP contribution in [0.15, 0.2) is 47.3 Å². The summed E-state index contributed by atoms with van der Waals surface area (Å²) in [6.45, 7) is 0. The van der Waals surface area contributed by atoms with Crippen molar-refractivity contribution in [2.24, 2.45) is 0 Å². The molecule has 2 aromatic carbocycles. The third-order valence-electron chi connectivity index (χ3n) is 3.66. The molecule has 3 rings (SSSR count). The Morgan fingerprint density at radius 2 is 1.92 bits per heavy atom. The molecule has 0 atom stereocenters. The van der Waals surface area contributed by atoms with Gasteiger partial charge in [-0.3, -0.25) is 9.36 Å². The van der Waals surface area contributed by atoms with Crippen molar-refractivity contribution in [3.63, 3.8) is 0 Å². The van der Waals surface area contributed by atoms with E-state index in [-0.39, 0.29) is 15.9 Å². The first-order valence-corrected chi connectivity index (χ1v) is 7.48. The molecule has 0 unspecified atom stereocenters. The largest absolute Gasteiger partial charge is 0.497 e. The number of carbonyl (C=O) groups excluding carboxylic acids is 1. The lowest BCUT2D eigenvalue weighted by Gasteiger charge is -2.12. The van der Waals surface area contributed by atoms with Crippen LogP contribution in [0.1, 0.15) is 10.4 Å². The molecule has 1 heterocycles. The average molecular weight is 342 g/mol. The van der Waals surface area contributed by atoms with Crippen molar-refractivity contribution in [1.82, 2.24) is 9.55 Å². The number of ether oxygens (including phenoxy) is 2. The zero-order valence-electron chi connectivity index (χ0n) is 13.0. The number of hydrogen-bond donors (Lipinski definition) is 1. The number of nitrogens with one attached hydrogen (secondary N) is 1. The van der Waals surface area contributed by atoms with Crippen LogP contribution in [0.25, 0.3) is 16.6 Å². The number of carbonyl (C=O) groups is 1. The molecule has 0 amide bonds. The Balaban J connectivity index is 2.35. The summed E-state index contributed by atoms with van der Waals surface area (Å²) in [7, 11) is 2.83. The van der Waals surface area contributed by atoms with Crippen LogP contribution in [-0.4, -0.2) is 29.7 Å². The number of methoxy groups -OCH3 is 2. The minimum Gasteiger partial charge on any atom is -0.497 e. The Morgan fingerprint density at radius 1 is 1.17 bits per heavy atom. The predicted octanol–water partition coefficient (Wildman–Crippen LogP) is 2.84. The van der Waals surface area contributed by atoms with Crippen LogP contribution in [0.3, 0.4) is 0 Å². The third-order valence-corrected chi connectivity index (χ3v) is 3.94. The van der Waals surface area contributed by atoms with Crippen molar-refractivity contribution in [2.45, 2.75) is 0 Å². The van der Waals surface area contributed by atoms with Gasteiger partial charge in [-0.05, 0) is 36.5 Å². The summed E-state index contributed by atoms with van der Waals surface area (Å²) < 4.78 is 11.4. The summed E-state index contributed by atoms with van der Waals surface area (Å²) >= 11 is 5.33. The van der Waals surface area contributed by atoms with E-state index >= 15 is 0 Å². The second-order valence-corrected chi connectivity index (χ2v) is 5.38. The molecule has 0 radical (unpaired) electrons. The summed E-state index contributed by atoms with van der Waals surface area (Å²) in [4.78, 5) is 27.9. The molecule has 0 fully saturated rings. The molecule has 0 aliphatic carbocycles. The van der Waals surface area contributed by atoms with E-state index in [1.54, 1.807) is 49.6 Å². The van der Waals surface area contributed by atoms with Crippen molar-refractivity contribution < 1.29 is 14.3 Å². The second-order valence-electron chi connectivity index (χ2n) is 4.99. The highest BCUT2D eigenvalue weighted by atomic mass is 32.1. The quantitative estimate of drug-likeness (QED) is 0.585. The molecule has 0 saturated heterocycles. The molecule has 1 N–H and O–H groups in total. The third kappa shape index (κ3) is 2.59. The normalized spacial score (nSPS) is 10.6. The minimum atomic E-state index is -0.540. The maximum atomic E-state index is 12.9. The molecule has 24 heavy (non-hydrogen) atoms. The highest BCUT2D eigenvalue weighted by Gasteiger charge is 2.16. The fourth-order valence-corrected chi connectivity index (χ4v) is 2.79. The number of aromatic nitrogens is 2. The van der Waals surface area contributed by atoms with Crippen molar-refractivity contribution in [3.8, 4) is 11.4 Å². The molecular formula is C17H14N2O4S. The van der Waals surface area contributed by atoms with Crippen LogP contribution < -0.4 is 10.3 Å². The molecule has 6 nitrogen and oxygen atoms in total. The van der Waals surface area contributed by atoms with Gasteiger partial charge in [0.2, 0.25) is 0 Å². The number of fused-ring (bicyclic) bond motifs is 1. The first-order chi connectivity index (χ1) is 11.6. The molecule has 1 aromatic heterocycles. The van der Waals surface area contributed by atoms with E-state index in [2.05, 4.69) is 4.98 Å². The van der Waals surface area contributed by atoms with Crippen molar-refractivity contribution in [2.75, 3.05) is 14.2 Å². The molecule has 3 aromatic rings. The Hall–Kier alpha value is -2.93. The molecule has 122 valence electrons. The minimum absolute atomic E-state index is 0.178. The van der Waals surface area contributed by atoms with Crippen LogP contribution in [0.2, 0.25) is 0 Å². The van der Waals surface area contributed by atoms with Gasteiger partial charge in [0.25, 0.3) is 5.56 Å². The Morgan fingerprint density at radius 3 is 2.62 bits per heavy atom. The first kappa shape index (κ1) is 15.9. The first-order valence-electron chi connectivity index (χ1n) is 7.07. The van der Waals surface area contributed by atoms with Crippen molar-refractivity contribution in [1.29, 1.82) is 0 Å². The molecule has 0 saturated carbocycles. The fraction of sp³-hybridized carbons (Fsp3) is 0.118. The van der Waals surface area contributed by atoms with Gasteiger partial charge >= 0.3 is 5.97 Å². The summed E-state index contributed by atoms with van der Waals surface area (Å²) in [5.74, 6) is 0.0713. The Bertz CT molecular complexity index is 1050. The van der Waals surface area contributed by atoms with E-state index in [1.807, 2.05) is 0 Å². The second kappa shape index (κ2) is 6.29. The smallest absolute Gasteiger partial charge is 0.339 e. The van der Waals surface area contributed by atoms with E-state index < -0.39 is 5.97 Å². The number of para-hydroxylation sites is 1. The van der Waals surface area contributed by atoms with Crippen LogP contribution in [0, 0.1) is 4.77 Å². The highest BCUT2D eigenvalue weighted by Crippen LogP contribution is 2.19. The van der Waals surface area contributed by atoms with Gasteiger partial charge in [-0.25, -0.2) is 4.79 Å². The number of nitrogens with zero attached hydrogens (tertiary/aromatic N) is 1. The zero-order chi connectivity index (χ0) is 17.3. The van der Waals surface area contributed by atoms with Crippen LogP contribution >= 0.6 is 12.2 Å². The van der Waals surface area contributed by atoms with Crippen LogP contribution in [-0.2, 0) is 4.74 Å². The van der Waals surface area contributed by atoms with Gasteiger partial charge in [-0.1, -0.05) is 12.1 Å². The number of rotatable bonds is 3. The van der Waals surface area contributed by atoms with Gasteiger partial charge in [-0.15, -0.1) is 0 Å². The van der Waals surface area contributed by atoms with Crippen molar-refractivity contribution >= 4 is 29.1 Å². The SMILES string of the molecule is COC(=O)c1ccccc1-n1c(=S)[nH]c2cc(OC)ccc2c1=O. The molecule has 7 heteroatoms. The molecule has 0 spiro atoms. The topological polar surface area (TPSA) is 73.3 Å². The lowest BCUT2D eigenvalue weighted by Crippen LogP contribution is -2.22. The molecule has 0 aliphatic heterocycles. The lowest BCUT2D eigenvalue weighted by atomic mass is 10.1. The van der Waals surface area contributed by atoms with Crippen LogP contribution in [0.4, 0.5) is 0 Å². The van der Waals surface area contributed by atoms with E-state index in [0.717, 1.165) is 0 Å². The molecule has 0 aliphatic rings. The van der Waals surface area contributed by atoms with E-state index in [9.17, 15) is 9.59 Å². The lowest BCUT2D eigenvalue weighted by molar-refractivity contribution is 0.0600. The van der Waals surface area contributed by atoms with Crippen molar-refractivity contribution in [3.05, 3.63) is 63.2 Å². The highest BCUT2D eigenvalue weighted by molar-refractivity contribution is 7.71. The fourth-order valence-electron chi connectivity index (χ4n) is 2.49. The van der Waals surface area contributed by atoms with E-state index in [0.29, 0.717) is 22.3 Å². The molecular weight excluding hydrogens is 328 g/mol. The number of aromatic amines is 1. The predicted molar refractivity (Wildman–Crippen MR) is 92.6 cm³/mol.